The molecule has 0 saturated heterocycles. The maximum atomic E-state index is 11.4. The summed E-state index contributed by atoms with van der Waals surface area (Å²) in [5.41, 5.74) is 4.74. The Balaban J connectivity index is 2.95. The second-order valence-corrected chi connectivity index (χ2v) is 3.86. The van der Waals surface area contributed by atoms with Crippen LogP contribution in [-0.2, 0) is 0 Å². The summed E-state index contributed by atoms with van der Waals surface area (Å²) in [7, 11) is 0. The van der Waals surface area contributed by atoms with Gasteiger partial charge in [-0.05, 0) is 22.9 Å². The number of benzene rings is 2. The Morgan fingerprint density at radius 1 is 0.842 bits per heavy atom. The predicted molar refractivity (Wildman–Crippen MR) is 66.4 cm³/mol. The summed E-state index contributed by atoms with van der Waals surface area (Å²) in [5, 5.41) is 18.6. The first kappa shape index (κ1) is 12.6. The Morgan fingerprint density at radius 3 is 2.00 bits per heavy atom. The highest BCUT2D eigenvalue weighted by atomic mass is 16.4. The van der Waals surface area contributed by atoms with Gasteiger partial charge < -0.3 is 15.9 Å². The third-order valence-electron chi connectivity index (χ3n) is 2.77. The molecule has 1 amide bonds. The molecule has 0 aliphatic heterocycles. The highest BCUT2D eigenvalue weighted by Crippen LogP contribution is 2.25. The van der Waals surface area contributed by atoms with Crippen LogP contribution in [0, 0.1) is 0 Å². The van der Waals surface area contributed by atoms with Crippen molar-refractivity contribution in [2.45, 2.75) is 0 Å². The van der Waals surface area contributed by atoms with E-state index in [0.717, 1.165) is 0 Å². The van der Waals surface area contributed by atoms with Crippen molar-refractivity contribution in [3.8, 4) is 0 Å². The fourth-order valence-corrected chi connectivity index (χ4v) is 1.99. The molecule has 0 aliphatic rings. The Kier molecular flexibility index (Phi) is 2.92. The maximum absolute atomic E-state index is 11.4. The van der Waals surface area contributed by atoms with Crippen LogP contribution in [0.4, 0.5) is 0 Å². The average Bonchev–Trinajstić information content (AvgIpc) is 2.35. The van der Waals surface area contributed by atoms with Gasteiger partial charge in [-0.1, -0.05) is 18.2 Å². The smallest absolute Gasteiger partial charge is 0.336 e. The van der Waals surface area contributed by atoms with Crippen LogP contribution in [0.1, 0.15) is 31.1 Å². The molecule has 2 aromatic rings. The van der Waals surface area contributed by atoms with E-state index in [1.165, 1.54) is 30.3 Å². The second-order valence-electron chi connectivity index (χ2n) is 3.86. The lowest BCUT2D eigenvalue weighted by atomic mass is 9.95. The van der Waals surface area contributed by atoms with Gasteiger partial charge in [-0.3, -0.25) is 4.79 Å². The number of carboxylic acids is 2. The van der Waals surface area contributed by atoms with Gasteiger partial charge in [0.05, 0.1) is 16.7 Å². The van der Waals surface area contributed by atoms with Crippen LogP contribution in [0.5, 0.6) is 0 Å². The van der Waals surface area contributed by atoms with Gasteiger partial charge in [0.1, 0.15) is 0 Å². The summed E-state index contributed by atoms with van der Waals surface area (Å²) >= 11 is 0. The standard InChI is InChI=1S/C13H9NO5/c14-11(15)10-7-2-1-3-8(12(16)17)6(7)4-5-9(10)13(18)19/h1-5H,(H2,14,15)(H,16,17)(H,18,19). The quantitative estimate of drug-likeness (QED) is 0.768. The zero-order valence-corrected chi connectivity index (χ0v) is 9.58. The number of aromatic carboxylic acids is 2. The fraction of sp³-hybridized carbons (Fsp3) is 0. The molecule has 0 unspecified atom stereocenters. The highest BCUT2D eigenvalue weighted by Gasteiger charge is 2.19. The van der Waals surface area contributed by atoms with Gasteiger partial charge in [0, 0.05) is 0 Å². The van der Waals surface area contributed by atoms with Crippen LogP contribution in [0.15, 0.2) is 30.3 Å². The molecule has 19 heavy (non-hydrogen) atoms. The molecule has 96 valence electrons. The molecule has 6 nitrogen and oxygen atoms in total. The van der Waals surface area contributed by atoms with Gasteiger partial charge in [-0.2, -0.15) is 0 Å². The van der Waals surface area contributed by atoms with E-state index in [1.54, 1.807) is 0 Å². The van der Waals surface area contributed by atoms with E-state index in [1.807, 2.05) is 0 Å². The van der Waals surface area contributed by atoms with Gasteiger partial charge in [0.2, 0.25) is 5.91 Å². The van der Waals surface area contributed by atoms with E-state index in [9.17, 15) is 14.4 Å². The number of hydrogen-bond donors (Lipinski definition) is 3. The minimum Gasteiger partial charge on any atom is -0.478 e. The van der Waals surface area contributed by atoms with Gasteiger partial charge in [-0.15, -0.1) is 0 Å². The van der Waals surface area contributed by atoms with Crippen LogP contribution in [-0.4, -0.2) is 28.1 Å². The number of carbonyl (C=O) groups excluding carboxylic acids is 1. The van der Waals surface area contributed by atoms with E-state index in [4.69, 9.17) is 15.9 Å². The molecule has 0 saturated carbocycles. The van der Waals surface area contributed by atoms with Gasteiger partial charge in [0.25, 0.3) is 0 Å². The van der Waals surface area contributed by atoms with Gasteiger partial charge in [-0.25, -0.2) is 9.59 Å². The van der Waals surface area contributed by atoms with Crippen molar-refractivity contribution in [1.29, 1.82) is 0 Å². The third-order valence-corrected chi connectivity index (χ3v) is 2.77. The Morgan fingerprint density at radius 2 is 1.47 bits per heavy atom. The fourth-order valence-electron chi connectivity index (χ4n) is 1.99. The minimum absolute atomic E-state index is 0.0167. The first-order chi connectivity index (χ1) is 8.93. The number of carboxylic acid groups (broad SMARTS) is 2. The molecule has 2 rings (SSSR count). The van der Waals surface area contributed by atoms with Crippen LogP contribution < -0.4 is 5.73 Å². The number of rotatable bonds is 3. The number of hydrogen-bond acceptors (Lipinski definition) is 3. The minimum atomic E-state index is -1.29. The highest BCUT2D eigenvalue weighted by molar-refractivity contribution is 6.16. The molecule has 0 aromatic heterocycles. The molecular weight excluding hydrogens is 250 g/mol. The SMILES string of the molecule is NC(=O)c1c(C(=O)O)ccc2c(C(=O)O)cccc12. The van der Waals surface area contributed by atoms with E-state index >= 15 is 0 Å². The molecule has 0 bridgehead atoms. The lowest BCUT2D eigenvalue weighted by molar-refractivity contribution is 0.0686. The molecule has 0 fully saturated rings. The second kappa shape index (κ2) is 4.41. The van der Waals surface area contributed by atoms with Gasteiger partial charge in [0.15, 0.2) is 0 Å². The normalized spacial score (nSPS) is 10.3. The van der Waals surface area contributed by atoms with Gasteiger partial charge >= 0.3 is 11.9 Å². The average molecular weight is 259 g/mol. The Bertz CT molecular complexity index is 720. The topological polar surface area (TPSA) is 118 Å². The molecule has 0 heterocycles. The van der Waals surface area contributed by atoms with Crippen molar-refractivity contribution in [3.63, 3.8) is 0 Å². The Hall–Kier alpha value is -2.89. The van der Waals surface area contributed by atoms with Crippen molar-refractivity contribution < 1.29 is 24.6 Å². The molecule has 2 aromatic carbocycles. The molecule has 0 atom stereocenters. The number of nitrogens with two attached hydrogens (primary N) is 1. The summed E-state index contributed by atoms with van der Waals surface area (Å²) < 4.78 is 0. The van der Waals surface area contributed by atoms with Crippen molar-refractivity contribution in [1.82, 2.24) is 0 Å². The van der Waals surface area contributed by atoms with Crippen molar-refractivity contribution in [3.05, 3.63) is 47.0 Å². The molecular formula is C13H9NO5. The Labute approximate surface area is 107 Å². The summed E-state index contributed by atoms with van der Waals surface area (Å²) in [6.07, 6.45) is 0. The van der Waals surface area contributed by atoms with E-state index in [0.29, 0.717) is 0 Å². The monoisotopic (exact) mass is 259 g/mol. The molecule has 0 radical (unpaired) electrons. The zero-order valence-electron chi connectivity index (χ0n) is 9.58. The van der Waals surface area contributed by atoms with Crippen LogP contribution in [0.3, 0.4) is 0 Å². The van der Waals surface area contributed by atoms with Crippen LogP contribution >= 0.6 is 0 Å². The van der Waals surface area contributed by atoms with Crippen molar-refractivity contribution >= 4 is 28.6 Å². The molecule has 0 aliphatic carbocycles. The number of amides is 1. The van der Waals surface area contributed by atoms with E-state index in [2.05, 4.69) is 0 Å². The lowest BCUT2D eigenvalue weighted by Gasteiger charge is -2.09. The number of primary amides is 1. The largest absolute Gasteiger partial charge is 0.478 e. The summed E-state index contributed by atoms with van der Waals surface area (Å²) in [6.45, 7) is 0. The number of fused-ring (bicyclic) bond motifs is 1. The number of carbonyl (C=O) groups is 3. The molecule has 4 N–H and O–H groups in total. The maximum Gasteiger partial charge on any atom is 0.336 e. The van der Waals surface area contributed by atoms with Crippen molar-refractivity contribution in [2.75, 3.05) is 0 Å². The summed E-state index contributed by atoms with van der Waals surface area (Å²) in [4.78, 5) is 33.6. The third kappa shape index (κ3) is 1.99. The molecule has 6 heteroatoms. The van der Waals surface area contributed by atoms with Crippen LogP contribution in [0.2, 0.25) is 0 Å². The lowest BCUT2D eigenvalue weighted by Crippen LogP contribution is -2.17. The van der Waals surface area contributed by atoms with Crippen molar-refractivity contribution in [2.24, 2.45) is 5.73 Å². The first-order valence-electron chi connectivity index (χ1n) is 5.25. The van der Waals surface area contributed by atoms with Crippen LogP contribution in [0.25, 0.3) is 10.8 Å². The predicted octanol–water partition coefficient (Wildman–Crippen LogP) is 1.34. The summed E-state index contributed by atoms with van der Waals surface area (Å²) in [5.74, 6) is -3.37. The summed E-state index contributed by atoms with van der Waals surface area (Å²) in [6, 6.07) is 6.81. The zero-order chi connectivity index (χ0) is 14.2. The van der Waals surface area contributed by atoms with E-state index < -0.39 is 17.8 Å². The van der Waals surface area contributed by atoms with E-state index in [-0.39, 0.29) is 27.5 Å². The molecule has 0 spiro atoms. The first-order valence-corrected chi connectivity index (χ1v) is 5.25.